The topological polar surface area (TPSA) is 138 Å². The second-order valence-corrected chi connectivity index (χ2v) is 17.9. The first-order valence-corrected chi connectivity index (χ1v) is 22.4. The maximum absolute atomic E-state index is 13.9. The number of alkyl halides is 2. The molecule has 5 aliphatic rings. The van der Waals surface area contributed by atoms with E-state index in [9.17, 15) is 28.0 Å². The number of amides is 4. The van der Waals surface area contributed by atoms with Gasteiger partial charge in [-0.15, -0.1) is 15.4 Å². The minimum absolute atomic E-state index is 0.0114. The van der Waals surface area contributed by atoms with Crippen molar-refractivity contribution >= 4 is 35.3 Å². The number of piperidine rings is 2. The van der Waals surface area contributed by atoms with E-state index in [-0.39, 0.29) is 41.2 Å². The zero-order chi connectivity index (χ0) is 44.8. The normalized spacial score (nSPS) is 21.1. The molecule has 15 heteroatoms. The largest absolute Gasteiger partial charge is 0.586 e. The average Bonchev–Trinajstić information content (AvgIpc) is 3.88. The third-order valence-electron chi connectivity index (χ3n) is 13.8. The van der Waals surface area contributed by atoms with E-state index in [0.29, 0.717) is 98.0 Å². The van der Waals surface area contributed by atoms with Crippen LogP contribution in [0.15, 0.2) is 83.8 Å². The molecule has 3 saturated heterocycles. The lowest BCUT2D eigenvalue weighted by Crippen LogP contribution is -2.52. The number of halogens is 2. The fourth-order valence-corrected chi connectivity index (χ4v) is 9.78. The summed E-state index contributed by atoms with van der Waals surface area (Å²) >= 11 is 0. The fourth-order valence-electron chi connectivity index (χ4n) is 9.78. The van der Waals surface area contributed by atoms with Crippen LogP contribution in [-0.2, 0) is 26.2 Å². The number of fused-ring (bicyclic) bond motifs is 1. The second-order valence-electron chi connectivity index (χ2n) is 17.9. The quantitative estimate of drug-likeness (QED) is 0.143. The van der Waals surface area contributed by atoms with Crippen LogP contribution in [0.3, 0.4) is 0 Å². The lowest BCUT2D eigenvalue weighted by Gasteiger charge is -2.41. The smallest absolute Gasteiger partial charge is 0.445 e. The third-order valence-corrected chi connectivity index (χ3v) is 13.8. The predicted molar refractivity (Wildman–Crippen MR) is 235 cm³/mol. The molecule has 2 aromatic carbocycles. The number of pyridine rings is 1. The number of carbonyl (C=O) groups excluding carboxylic acids is 4. The number of piperazine rings is 1. The van der Waals surface area contributed by atoms with Crippen molar-refractivity contribution < 1.29 is 41.8 Å². The van der Waals surface area contributed by atoms with Crippen LogP contribution in [0.2, 0.25) is 0 Å². The molecule has 2 unspecified atom stereocenters. The van der Waals surface area contributed by atoms with Crippen molar-refractivity contribution in [3.05, 3.63) is 102 Å². The van der Waals surface area contributed by atoms with E-state index in [1.165, 1.54) is 12.1 Å². The van der Waals surface area contributed by atoms with Gasteiger partial charge in [0.2, 0.25) is 23.6 Å². The monoisotopic (exact) mass is 876 g/mol. The van der Waals surface area contributed by atoms with Crippen LogP contribution in [0, 0.1) is 18.8 Å². The van der Waals surface area contributed by atoms with Gasteiger partial charge in [0.1, 0.15) is 11.6 Å². The summed E-state index contributed by atoms with van der Waals surface area (Å²) in [5.41, 5.74) is 2.47. The zero-order valence-electron chi connectivity index (χ0n) is 36.3. The molecule has 1 saturated carbocycles. The summed E-state index contributed by atoms with van der Waals surface area (Å²) in [4.78, 5) is 66.3. The maximum atomic E-state index is 13.9. The number of benzene rings is 2. The Labute approximate surface area is 371 Å². The molecule has 64 heavy (non-hydrogen) atoms. The van der Waals surface area contributed by atoms with Gasteiger partial charge in [0.25, 0.3) is 5.91 Å². The van der Waals surface area contributed by atoms with Crippen LogP contribution < -0.4 is 19.7 Å². The highest BCUT2D eigenvalue weighted by Gasteiger charge is 2.53. The lowest BCUT2D eigenvalue weighted by atomic mass is 9.79. The zero-order valence-corrected chi connectivity index (χ0v) is 36.3. The lowest BCUT2D eigenvalue weighted by molar-refractivity contribution is -0.286. The minimum atomic E-state index is -3.74. The maximum Gasteiger partial charge on any atom is 0.586 e. The van der Waals surface area contributed by atoms with Crippen LogP contribution in [-0.4, -0.2) is 101 Å². The van der Waals surface area contributed by atoms with Gasteiger partial charge in [-0.05, 0) is 112 Å². The highest BCUT2D eigenvalue weighted by Crippen LogP contribution is 2.52. The summed E-state index contributed by atoms with van der Waals surface area (Å²) in [5, 5.41) is 2.94. The highest BCUT2D eigenvalue weighted by molar-refractivity contribution is 6.01. The first-order valence-electron chi connectivity index (χ1n) is 22.4. The second kappa shape index (κ2) is 17.5. The summed E-state index contributed by atoms with van der Waals surface area (Å²) in [5.74, 6) is 1.95. The van der Waals surface area contributed by atoms with Crippen LogP contribution in [0.4, 0.5) is 20.5 Å². The number of hydrogen-bond donors (Lipinski definition) is 1. The molecule has 1 aliphatic carbocycles. The molecule has 1 N–H and O–H groups in total. The van der Waals surface area contributed by atoms with Crippen molar-refractivity contribution in [3.63, 3.8) is 0 Å². The molecule has 0 spiro atoms. The van der Waals surface area contributed by atoms with Crippen molar-refractivity contribution in [3.8, 4) is 22.8 Å². The molecule has 0 radical (unpaired) electrons. The van der Waals surface area contributed by atoms with E-state index in [1.54, 1.807) is 17.0 Å². The Morgan fingerprint density at radius 3 is 2.48 bits per heavy atom. The van der Waals surface area contributed by atoms with Gasteiger partial charge in [-0.25, -0.2) is 4.98 Å². The summed E-state index contributed by atoms with van der Waals surface area (Å²) in [6.07, 6.45) is 3.76. The molecule has 4 amide bonds. The summed E-state index contributed by atoms with van der Waals surface area (Å²) < 4.78 is 42.5. The summed E-state index contributed by atoms with van der Waals surface area (Å²) in [6, 6.07) is 19.3. The number of furan rings is 1. The Hall–Kier alpha value is -6.09. The van der Waals surface area contributed by atoms with E-state index in [0.717, 1.165) is 56.4 Å². The molecule has 2 atom stereocenters. The van der Waals surface area contributed by atoms with Gasteiger partial charge in [0.15, 0.2) is 11.5 Å². The van der Waals surface area contributed by atoms with E-state index in [4.69, 9.17) is 9.40 Å². The Morgan fingerprint density at radius 1 is 0.922 bits per heavy atom. The van der Waals surface area contributed by atoms with Crippen molar-refractivity contribution in [2.75, 3.05) is 56.0 Å². The molecule has 4 aliphatic heterocycles. The van der Waals surface area contributed by atoms with Gasteiger partial charge in [0.05, 0.1) is 17.7 Å². The fraction of sp³-hybridized carbons (Fsp3) is 0.449. The first-order chi connectivity index (χ1) is 30.8. The summed E-state index contributed by atoms with van der Waals surface area (Å²) in [7, 11) is 0. The van der Waals surface area contributed by atoms with Crippen molar-refractivity contribution in [1.82, 2.24) is 19.7 Å². The van der Waals surface area contributed by atoms with E-state index in [1.807, 2.05) is 72.2 Å². The third kappa shape index (κ3) is 8.86. The number of hydrogen-bond acceptors (Lipinski definition) is 9. The standard InChI is InChI=1S/C49H54F2N6O7/c1-4-32(3)55-25-26-57(43(59)30-55)44-17-13-38(62-44)12-16-42(58)56-22-6-9-36(29-56)33-18-23-54(24-19-33)46(60)35-8-5-7-34(27-35)45-31(2)10-15-41(52-45)53-47(61)48(20-21-48)37-11-14-39-40(28-37)64-49(50,51)63-39/h4-5,7-8,10-11,13-15,17,27-28,32-33,36H,1,6,9,12,16,18-26,29-30H2,2-3H3,(H,52,53,61). The number of rotatable bonds is 12. The predicted octanol–water partition coefficient (Wildman–Crippen LogP) is 7.59. The Bertz CT molecular complexity index is 2460. The SMILES string of the molecule is C=CC(C)N1CCN(c2ccc(CCC(=O)N3CCCC(C4CCN(C(=O)c5cccc(-c6nc(NC(=O)C7(c8ccc9c(c8)OC(F)(F)O9)CC7)ccc6C)c5)CC4)C3)o2)C(=O)C1. The number of nitrogens with one attached hydrogen (secondary N) is 1. The van der Waals surface area contributed by atoms with E-state index >= 15 is 0 Å². The first kappa shape index (κ1) is 43.2. The number of nitrogens with zero attached hydrogens (tertiary/aromatic N) is 5. The van der Waals surface area contributed by atoms with Crippen LogP contribution in [0.1, 0.15) is 79.1 Å². The molecule has 4 fully saturated rings. The molecule has 13 nitrogen and oxygen atoms in total. The number of anilines is 2. The van der Waals surface area contributed by atoms with E-state index < -0.39 is 11.7 Å². The van der Waals surface area contributed by atoms with Gasteiger partial charge in [-0.2, -0.15) is 0 Å². The Kier molecular flexibility index (Phi) is 11.8. The van der Waals surface area contributed by atoms with Crippen molar-refractivity contribution in [2.45, 2.75) is 83.0 Å². The minimum Gasteiger partial charge on any atom is -0.445 e. The number of likely N-dealkylation sites (tertiary alicyclic amines) is 2. The average molecular weight is 877 g/mol. The molecule has 9 rings (SSSR count). The number of carbonyl (C=O) groups is 4. The van der Waals surface area contributed by atoms with Crippen molar-refractivity contribution in [2.24, 2.45) is 11.8 Å². The number of aryl methyl sites for hydroxylation is 2. The van der Waals surface area contributed by atoms with Gasteiger partial charge in [0, 0.05) is 75.3 Å². The molecule has 4 aromatic rings. The van der Waals surface area contributed by atoms with Gasteiger partial charge in [-0.1, -0.05) is 30.3 Å². The molecule has 2 aromatic heterocycles. The number of aromatic nitrogens is 1. The Balaban J connectivity index is 0.763. The van der Waals surface area contributed by atoms with Gasteiger partial charge in [-0.3, -0.25) is 29.0 Å². The van der Waals surface area contributed by atoms with E-state index in [2.05, 4.69) is 26.3 Å². The van der Waals surface area contributed by atoms with Crippen LogP contribution in [0.25, 0.3) is 11.3 Å². The molecule has 6 heterocycles. The van der Waals surface area contributed by atoms with Crippen LogP contribution in [0.5, 0.6) is 11.5 Å². The highest BCUT2D eigenvalue weighted by atomic mass is 19.3. The Morgan fingerprint density at radius 2 is 1.72 bits per heavy atom. The van der Waals surface area contributed by atoms with Gasteiger partial charge >= 0.3 is 6.29 Å². The number of ether oxygens (including phenoxy) is 2. The van der Waals surface area contributed by atoms with Gasteiger partial charge < -0.3 is 29.0 Å². The molecular formula is C49H54F2N6O7. The van der Waals surface area contributed by atoms with Crippen molar-refractivity contribution in [1.29, 1.82) is 0 Å². The molecule has 336 valence electrons. The molecule has 0 bridgehead atoms. The molecular weight excluding hydrogens is 823 g/mol. The van der Waals surface area contributed by atoms with Crippen LogP contribution >= 0.6 is 0 Å². The summed E-state index contributed by atoms with van der Waals surface area (Å²) in [6.45, 7) is 12.1.